The lowest BCUT2D eigenvalue weighted by Crippen LogP contribution is -2.41. The summed E-state index contributed by atoms with van der Waals surface area (Å²) < 4.78 is 31.3. The summed E-state index contributed by atoms with van der Waals surface area (Å²) in [5.41, 5.74) is 2.86. The summed E-state index contributed by atoms with van der Waals surface area (Å²) in [5.74, 6) is 0.748. The maximum Gasteiger partial charge on any atom is 0.211 e. The van der Waals surface area contributed by atoms with Crippen molar-refractivity contribution in [2.24, 2.45) is 0 Å². The summed E-state index contributed by atoms with van der Waals surface area (Å²) in [6.45, 7) is 0.934. The number of pyridine rings is 1. The number of aromatic nitrogens is 1. The van der Waals surface area contributed by atoms with Crippen LogP contribution in [0.5, 0.6) is 5.75 Å². The number of sulfonamides is 1. The molecule has 7 heteroatoms. The van der Waals surface area contributed by atoms with E-state index in [0.717, 1.165) is 33.2 Å². The van der Waals surface area contributed by atoms with Crippen LogP contribution in [0.4, 0.5) is 0 Å². The van der Waals surface area contributed by atoms with E-state index >= 15 is 0 Å². The van der Waals surface area contributed by atoms with Gasteiger partial charge in [-0.2, -0.15) is 0 Å². The Morgan fingerprint density at radius 3 is 2.66 bits per heavy atom. The Morgan fingerprint density at radius 1 is 1.14 bits per heavy atom. The van der Waals surface area contributed by atoms with Gasteiger partial charge in [0, 0.05) is 30.9 Å². The number of fused-ring (bicyclic) bond motifs is 1. The maximum absolute atomic E-state index is 11.7. The summed E-state index contributed by atoms with van der Waals surface area (Å²) in [4.78, 5) is 4.24. The Morgan fingerprint density at radius 2 is 1.93 bits per heavy atom. The molecule has 0 amide bonds. The Balaban J connectivity index is 1.65. The number of ether oxygens (including phenoxy) is 1. The van der Waals surface area contributed by atoms with E-state index in [4.69, 9.17) is 4.74 Å². The molecule has 0 unspecified atom stereocenters. The van der Waals surface area contributed by atoms with Crippen LogP contribution in [0.3, 0.4) is 0 Å². The van der Waals surface area contributed by atoms with Crippen molar-refractivity contribution >= 4 is 20.8 Å². The van der Waals surface area contributed by atoms with Gasteiger partial charge >= 0.3 is 0 Å². The molecule has 29 heavy (non-hydrogen) atoms. The average Bonchev–Trinajstić information content (AvgIpc) is 2.73. The molecule has 0 spiro atoms. The summed E-state index contributed by atoms with van der Waals surface area (Å²) in [6.07, 6.45) is 6.06. The molecule has 0 atom stereocenters. The molecule has 0 radical (unpaired) electrons. The molecule has 1 N–H and O–H groups in total. The van der Waals surface area contributed by atoms with E-state index in [2.05, 4.69) is 11.1 Å². The number of hydrogen-bond donors (Lipinski definition) is 1. The van der Waals surface area contributed by atoms with Crippen LogP contribution in [0.25, 0.3) is 21.9 Å². The van der Waals surface area contributed by atoms with E-state index in [9.17, 15) is 13.5 Å². The first kappa shape index (κ1) is 19.8. The molecule has 4 rings (SSSR count). The molecule has 2 heterocycles. The van der Waals surface area contributed by atoms with Crippen LogP contribution in [0.15, 0.2) is 54.9 Å². The van der Waals surface area contributed by atoms with Gasteiger partial charge in [0.05, 0.1) is 12.9 Å². The molecule has 152 valence electrons. The lowest BCUT2D eigenvalue weighted by molar-refractivity contribution is 0.137. The predicted octanol–water partition coefficient (Wildman–Crippen LogP) is 3.20. The first-order chi connectivity index (χ1) is 13.9. The van der Waals surface area contributed by atoms with Crippen molar-refractivity contribution in [2.75, 3.05) is 19.3 Å². The van der Waals surface area contributed by atoms with E-state index in [1.54, 1.807) is 12.4 Å². The van der Waals surface area contributed by atoms with E-state index in [0.29, 0.717) is 25.9 Å². The second-order valence-corrected chi connectivity index (χ2v) is 9.39. The zero-order valence-electron chi connectivity index (χ0n) is 16.3. The molecule has 2 aromatic carbocycles. The summed E-state index contributed by atoms with van der Waals surface area (Å²) in [5, 5.41) is 11.4. The van der Waals surface area contributed by atoms with Crippen molar-refractivity contribution in [3.05, 3.63) is 60.4 Å². The number of rotatable bonds is 5. The second kappa shape index (κ2) is 8.10. The molecule has 0 saturated carbocycles. The van der Waals surface area contributed by atoms with Gasteiger partial charge < -0.3 is 9.84 Å². The molecular formula is C22H24N2O4S. The third-order valence-corrected chi connectivity index (χ3v) is 6.63. The minimum absolute atomic E-state index is 0.00634. The van der Waals surface area contributed by atoms with Crippen LogP contribution in [0.1, 0.15) is 18.4 Å². The third kappa shape index (κ3) is 4.42. The van der Waals surface area contributed by atoms with Gasteiger partial charge in [0.25, 0.3) is 0 Å². The molecule has 0 bridgehead atoms. The summed E-state index contributed by atoms with van der Waals surface area (Å²) in [7, 11) is -3.16. The summed E-state index contributed by atoms with van der Waals surface area (Å²) >= 11 is 0. The minimum atomic E-state index is -3.16. The second-order valence-electron chi connectivity index (χ2n) is 7.41. The molecule has 1 fully saturated rings. The highest BCUT2D eigenvalue weighted by atomic mass is 32.2. The van der Waals surface area contributed by atoms with Gasteiger partial charge in [-0.05, 0) is 59.2 Å². The van der Waals surface area contributed by atoms with Crippen molar-refractivity contribution in [2.45, 2.75) is 25.6 Å². The van der Waals surface area contributed by atoms with Crippen LogP contribution >= 0.6 is 0 Å². The van der Waals surface area contributed by atoms with E-state index in [1.165, 1.54) is 10.6 Å². The van der Waals surface area contributed by atoms with Gasteiger partial charge in [0.1, 0.15) is 11.9 Å². The lowest BCUT2D eigenvalue weighted by atomic mass is 9.99. The van der Waals surface area contributed by atoms with Crippen LogP contribution < -0.4 is 4.74 Å². The average molecular weight is 413 g/mol. The van der Waals surface area contributed by atoms with Gasteiger partial charge in [-0.1, -0.05) is 18.2 Å². The van der Waals surface area contributed by atoms with Gasteiger partial charge in [-0.3, -0.25) is 4.98 Å². The molecule has 1 aliphatic rings. The highest BCUT2D eigenvalue weighted by molar-refractivity contribution is 7.88. The number of benzene rings is 2. The van der Waals surface area contributed by atoms with E-state index in [1.807, 2.05) is 36.4 Å². The largest absolute Gasteiger partial charge is 0.490 e. The third-order valence-electron chi connectivity index (χ3n) is 5.32. The van der Waals surface area contributed by atoms with Crippen LogP contribution in [0.2, 0.25) is 0 Å². The fourth-order valence-electron chi connectivity index (χ4n) is 3.74. The Hall–Kier alpha value is -2.48. The molecule has 1 aliphatic heterocycles. The van der Waals surface area contributed by atoms with Gasteiger partial charge in [0.15, 0.2) is 0 Å². The van der Waals surface area contributed by atoms with E-state index < -0.39 is 10.0 Å². The Kier molecular flexibility index (Phi) is 5.54. The highest BCUT2D eigenvalue weighted by Crippen LogP contribution is 2.34. The Bertz CT molecular complexity index is 1120. The highest BCUT2D eigenvalue weighted by Gasteiger charge is 2.26. The number of aliphatic hydroxyl groups excluding tert-OH is 1. The molecule has 0 aliphatic carbocycles. The molecule has 6 nitrogen and oxygen atoms in total. The fraction of sp³-hybridized carbons (Fsp3) is 0.318. The monoisotopic (exact) mass is 412 g/mol. The molecular weight excluding hydrogens is 388 g/mol. The quantitative estimate of drug-likeness (QED) is 0.696. The summed E-state index contributed by atoms with van der Waals surface area (Å²) in [6, 6.07) is 13.8. The van der Waals surface area contributed by atoms with Gasteiger partial charge in [-0.25, -0.2) is 12.7 Å². The van der Waals surface area contributed by atoms with Crippen LogP contribution in [-0.2, 0) is 16.6 Å². The van der Waals surface area contributed by atoms with Gasteiger partial charge in [-0.15, -0.1) is 0 Å². The van der Waals surface area contributed by atoms with Crippen LogP contribution in [-0.4, -0.2) is 48.3 Å². The van der Waals surface area contributed by atoms with Crippen molar-refractivity contribution < 1.29 is 18.3 Å². The number of aliphatic hydroxyl groups is 1. The van der Waals surface area contributed by atoms with E-state index in [-0.39, 0.29) is 12.7 Å². The van der Waals surface area contributed by atoms with Crippen molar-refractivity contribution in [1.82, 2.24) is 9.29 Å². The van der Waals surface area contributed by atoms with Gasteiger partial charge in [0.2, 0.25) is 10.0 Å². The number of piperidine rings is 1. The molecule has 3 aromatic rings. The smallest absolute Gasteiger partial charge is 0.211 e. The van der Waals surface area contributed by atoms with Crippen LogP contribution in [0, 0.1) is 0 Å². The van der Waals surface area contributed by atoms with Crippen molar-refractivity contribution in [3.63, 3.8) is 0 Å². The topological polar surface area (TPSA) is 79.7 Å². The zero-order chi connectivity index (χ0) is 20.4. The fourth-order valence-corrected chi connectivity index (χ4v) is 4.61. The number of nitrogens with zero attached hydrogens (tertiary/aromatic N) is 2. The van der Waals surface area contributed by atoms with Crippen molar-refractivity contribution in [1.29, 1.82) is 0 Å². The molecule has 1 aromatic heterocycles. The lowest BCUT2D eigenvalue weighted by Gasteiger charge is -2.30. The maximum atomic E-state index is 11.7. The first-order valence-electron chi connectivity index (χ1n) is 9.64. The molecule has 1 saturated heterocycles. The van der Waals surface area contributed by atoms with Crippen molar-refractivity contribution in [3.8, 4) is 16.9 Å². The SMILES string of the molecule is CS(=O)(=O)N1CCC(Oc2cc(-c3cccc(CO)c3)cc3ccncc23)CC1. The predicted molar refractivity (Wildman–Crippen MR) is 113 cm³/mol. The normalized spacial score (nSPS) is 16.2. The Labute approximate surface area is 170 Å². The number of hydrogen-bond acceptors (Lipinski definition) is 5. The first-order valence-corrected chi connectivity index (χ1v) is 11.5. The minimum Gasteiger partial charge on any atom is -0.490 e. The standard InChI is InChI=1S/C22H24N2O4S/c1-29(26,27)24-9-6-20(7-10-24)28-22-13-19(12-18-5-8-23-14-21(18)22)17-4-2-3-16(11-17)15-25/h2-5,8,11-14,20,25H,6-7,9-10,15H2,1H3. The zero-order valence-corrected chi connectivity index (χ0v) is 17.1.